The van der Waals surface area contributed by atoms with E-state index in [-0.39, 0.29) is 0 Å². The van der Waals surface area contributed by atoms with Crippen LogP contribution >= 0.6 is 0 Å². The standard InChI is InChI=1S/C10H18N4/c1-2-10(8-12-13-11)9-14-6-4-3-5-7-14/h2H,3-9H2,1H3. The summed E-state index contributed by atoms with van der Waals surface area (Å²) in [6.07, 6.45) is 6.03. The van der Waals surface area contributed by atoms with Crippen molar-refractivity contribution in [3.05, 3.63) is 22.1 Å². The van der Waals surface area contributed by atoms with E-state index in [9.17, 15) is 0 Å². The zero-order chi connectivity index (χ0) is 10.2. The van der Waals surface area contributed by atoms with Crippen molar-refractivity contribution in [1.29, 1.82) is 0 Å². The minimum absolute atomic E-state index is 0.517. The van der Waals surface area contributed by atoms with Gasteiger partial charge in [0, 0.05) is 18.0 Å². The molecule has 1 rings (SSSR count). The van der Waals surface area contributed by atoms with Gasteiger partial charge in [-0.25, -0.2) is 0 Å². The summed E-state index contributed by atoms with van der Waals surface area (Å²) in [5.74, 6) is 0. The van der Waals surface area contributed by atoms with Crippen LogP contribution in [0.1, 0.15) is 26.2 Å². The highest BCUT2D eigenvalue weighted by Gasteiger charge is 2.10. The van der Waals surface area contributed by atoms with Crippen molar-refractivity contribution in [2.24, 2.45) is 5.11 Å². The number of nitrogens with zero attached hydrogens (tertiary/aromatic N) is 4. The molecule has 0 bridgehead atoms. The number of hydrogen-bond acceptors (Lipinski definition) is 2. The minimum atomic E-state index is 0.517. The lowest BCUT2D eigenvalue weighted by Gasteiger charge is -2.27. The summed E-state index contributed by atoms with van der Waals surface area (Å²) >= 11 is 0. The maximum Gasteiger partial charge on any atom is 0.0482 e. The molecule has 0 spiro atoms. The van der Waals surface area contributed by atoms with Gasteiger partial charge in [-0.3, -0.25) is 4.90 Å². The Morgan fingerprint density at radius 2 is 2.14 bits per heavy atom. The van der Waals surface area contributed by atoms with Crippen molar-refractivity contribution in [2.75, 3.05) is 26.2 Å². The zero-order valence-electron chi connectivity index (χ0n) is 8.82. The predicted molar refractivity (Wildman–Crippen MR) is 58.1 cm³/mol. The van der Waals surface area contributed by atoms with Gasteiger partial charge in [-0.1, -0.05) is 23.2 Å². The van der Waals surface area contributed by atoms with Crippen LogP contribution in [0, 0.1) is 0 Å². The molecule has 0 aromatic rings. The number of allylic oxidation sites excluding steroid dienone is 1. The molecule has 0 aromatic heterocycles. The van der Waals surface area contributed by atoms with Crippen molar-refractivity contribution in [2.45, 2.75) is 26.2 Å². The second-order valence-corrected chi connectivity index (χ2v) is 3.67. The number of likely N-dealkylation sites (tertiary alicyclic amines) is 1. The van der Waals surface area contributed by atoms with Crippen molar-refractivity contribution in [3.8, 4) is 0 Å². The van der Waals surface area contributed by atoms with Crippen molar-refractivity contribution >= 4 is 0 Å². The topological polar surface area (TPSA) is 52.0 Å². The van der Waals surface area contributed by atoms with E-state index in [1.165, 1.54) is 37.9 Å². The van der Waals surface area contributed by atoms with Crippen LogP contribution in [-0.2, 0) is 0 Å². The van der Waals surface area contributed by atoms with Crippen LogP contribution in [-0.4, -0.2) is 31.1 Å². The molecular formula is C10H18N4. The molecule has 0 unspecified atom stereocenters. The van der Waals surface area contributed by atoms with Crippen LogP contribution in [0.4, 0.5) is 0 Å². The van der Waals surface area contributed by atoms with Crippen LogP contribution in [0.5, 0.6) is 0 Å². The maximum absolute atomic E-state index is 8.23. The first-order valence-corrected chi connectivity index (χ1v) is 5.24. The highest BCUT2D eigenvalue weighted by molar-refractivity contribution is 5.05. The van der Waals surface area contributed by atoms with Crippen LogP contribution in [0.3, 0.4) is 0 Å². The molecular weight excluding hydrogens is 176 g/mol. The molecule has 0 aromatic carbocycles. The van der Waals surface area contributed by atoms with Crippen LogP contribution in [0.25, 0.3) is 10.4 Å². The fourth-order valence-electron chi connectivity index (χ4n) is 1.76. The minimum Gasteiger partial charge on any atom is -0.299 e. The Bertz CT molecular complexity index is 235. The first-order chi connectivity index (χ1) is 6.86. The molecule has 0 aliphatic carbocycles. The number of azide groups is 1. The summed E-state index contributed by atoms with van der Waals surface area (Å²) in [6.45, 7) is 5.87. The Hall–Kier alpha value is -0.990. The van der Waals surface area contributed by atoms with Gasteiger partial charge in [-0.2, -0.15) is 0 Å². The van der Waals surface area contributed by atoms with Crippen molar-refractivity contribution in [1.82, 2.24) is 4.90 Å². The van der Waals surface area contributed by atoms with Crippen LogP contribution in [0.2, 0.25) is 0 Å². The first kappa shape index (κ1) is 11.1. The molecule has 1 aliphatic rings. The SMILES string of the molecule is CC=C(CN=[N+]=[N-])CN1CCCCC1. The van der Waals surface area contributed by atoms with Gasteiger partial charge >= 0.3 is 0 Å². The highest BCUT2D eigenvalue weighted by Crippen LogP contribution is 2.10. The Balaban J connectivity index is 2.35. The second-order valence-electron chi connectivity index (χ2n) is 3.67. The van der Waals surface area contributed by atoms with Gasteiger partial charge in [-0.15, -0.1) is 0 Å². The second kappa shape index (κ2) is 6.46. The molecule has 1 heterocycles. The third kappa shape index (κ3) is 3.81. The average molecular weight is 194 g/mol. The molecule has 78 valence electrons. The van der Waals surface area contributed by atoms with Crippen LogP contribution < -0.4 is 0 Å². The van der Waals surface area contributed by atoms with Crippen molar-refractivity contribution < 1.29 is 0 Å². The summed E-state index contributed by atoms with van der Waals surface area (Å²) in [5.41, 5.74) is 9.46. The summed E-state index contributed by atoms with van der Waals surface area (Å²) < 4.78 is 0. The first-order valence-electron chi connectivity index (χ1n) is 5.24. The molecule has 0 radical (unpaired) electrons. The lowest BCUT2D eigenvalue weighted by atomic mass is 10.1. The smallest absolute Gasteiger partial charge is 0.0482 e. The largest absolute Gasteiger partial charge is 0.299 e. The molecule has 1 saturated heterocycles. The normalized spacial score (nSPS) is 19.1. The summed E-state index contributed by atoms with van der Waals surface area (Å²) in [6, 6.07) is 0. The average Bonchev–Trinajstić information content (AvgIpc) is 2.25. The van der Waals surface area contributed by atoms with E-state index < -0.39 is 0 Å². The lowest BCUT2D eigenvalue weighted by Crippen LogP contribution is -2.31. The van der Waals surface area contributed by atoms with Gasteiger partial charge < -0.3 is 0 Å². The molecule has 0 saturated carbocycles. The monoisotopic (exact) mass is 194 g/mol. The Morgan fingerprint density at radius 1 is 1.43 bits per heavy atom. The quantitative estimate of drug-likeness (QED) is 0.294. The molecule has 0 N–H and O–H groups in total. The van der Waals surface area contributed by atoms with E-state index in [0.717, 1.165) is 6.54 Å². The Morgan fingerprint density at radius 3 is 2.71 bits per heavy atom. The maximum atomic E-state index is 8.23. The van der Waals surface area contributed by atoms with E-state index in [4.69, 9.17) is 5.53 Å². The molecule has 0 atom stereocenters. The molecule has 1 fully saturated rings. The molecule has 4 heteroatoms. The third-order valence-corrected chi connectivity index (χ3v) is 2.62. The fourth-order valence-corrected chi connectivity index (χ4v) is 1.76. The van der Waals surface area contributed by atoms with Crippen LogP contribution in [0.15, 0.2) is 16.8 Å². The highest BCUT2D eigenvalue weighted by atomic mass is 15.1. The summed E-state index contributed by atoms with van der Waals surface area (Å²) in [4.78, 5) is 5.22. The lowest BCUT2D eigenvalue weighted by molar-refractivity contribution is 0.246. The Kier molecular flexibility index (Phi) is 5.12. The number of piperidine rings is 1. The number of hydrogen-bond donors (Lipinski definition) is 0. The summed E-state index contributed by atoms with van der Waals surface area (Å²) in [5, 5.41) is 3.59. The Labute approximate surface area is 85.2 Å². The molecule has 0 amide bonds. The van der Waals surface area contributed by atoms with Gasteiger partial charge in [0.15, 0.2) is 0 Å². The fraction of sp³-hybridized carbons (Fsp3) is 0.800. The van der Waals surface area contributed by atoms with E-state index in [2.05, 4.69) is 21.0 Å². The third-order valence-electron chi connectivity index (χ3n) is 2.62. The van der Waals surface area contributed by atoms with E-state index in [0.29, 0.717) is 6.54 Å². The molecule has 4 nitrogen and oxygen atoms in total. The molecule has 1 aliphatic heterocycles. The predicted octanol–water partition coefficient (Wildman–Crippen LogP) is 2.73. The van der Waals surface area contributed by atoms with Gasteiger partial charge in [0.25, 0.3) is 0 Å². The van der Waals surface area contributed by atoms with Gasteiger partial charge in [0.1, 0.15) is 0 Å². The molecule has 14 heavy (non-hydrogen) atoms. The zero-order valence-corrected chi connectivity index (χ0v) is 8.82. The van der Waals surface area contributed by atoms with Crippen molar-refractivity contribution in [3.63, 3.8) is 0 Å². The van der Waals surface area contributed by atoms with E-state index in [1.54, 1.807) is 0 Å². The van der Waals surface area contributed by atoms with Gasteiger partial charge in [0.2, 0.25) is 0 Å². The van der Waals surface area contributed by atoms with E-state index >= 15 is 0 Å². The van der Waals surface area contributed by atoms with E-state index in [1.807, 2.05) is 6.92 Å². The summed E-state index contributed by atoms with van der Waals surface area (Å²) in [7, 11) is 0. The van der Waals surface area contributed by atoms with Gasteiger partial charge in [0.05, 0.1) is 0 Å². The number of rotatable bonds is 4. The van der Waals surface area contributed by atoms with Gasteiger partial charge in [-0.05, 0) is 38.4 Å².